The number of aliphatic hydroxyl groups excluding tert-OH is 3. The number of aliphatic hydroxyl groups is 3. The van der Waals surface area contributed by atoms with E-state index in [0.29, 0.717) is 23.7 Å². The fraction of sp³-hybridized carbons (Fsp3) is 0.941. The Hall–Kier alpha value is -0.990. The van der Waals surface area contributed by atoms with Crippen LogP contribution in [0, 0.1) is 58.2 Å². The number of hydrogen-bond donors (Lipinski definition) is 3. The third kappa shape index (κ3) is 11.9. The number of fused-ring (bicyclic) bond motifs is 5. The lowest BCUT2D eigenvalue weighted by atomic mass is 9.47. The first-order valence-electron chi connectivity index (χ1n) is 24.9. The normalized spacial score (nSPS) is 37.7. The first-order chi connectivity index (χ1) is 27.7. The highest BCUT2D eigenvalue weighted by atomic mass is 16.7. The lowest BCUT2D eigenvalue weighted by Gasteiger charge is -2.58. The van der Waals surface area contributed by atoms with E-state index in [1.807, 2.05) is 0 Å². The van der Waals surface area contributed by atoms with Crippen molar-refractivity contribution < 1.29 is 34.3 Å². The highest BCUT2D eigenvalue weighted by molar-refractivity contribution is 5.69. The van der Waals surface area contributed by atoms with Crippen molar-refractivity contribution in [3.8, 4) is 0 Å². The van der Waals surface area contributed by atoms with Gasteiger partial charge in [0.1, 0.15) is 31.0 Å². The molecule has 58 heavy (non-hydrogen) atoms. The van der Waals surface area contributed by atoms with Gasteiger partial charge in [-0.25, -0.2) is 0 Å². The van der Waals surface area contributed by atoms with E-state index in [2.05, 4.69) is 61.5 Å². The Bertz CT molecular complexity index is 1270. The third-order valence-corrected chi connectivity index (χ3v) is 17.3. The minimum atomic E-state index is -1.44. The molecule has 3 saturated carbocycles. The lowest BCUT2D eigenvalue weighted by molar-refractivity contribution is -0.313. The highest BCUT2D eigenvalue weighted by Gasteiger charge is 2.59. The van der Waals surface area contributed by atoms with Gasteiger partial charge in [0.2, 0.25) is 0 Å². The number of carbonyl (C=O) groups excluding carboxylic acids is 1. The standard InChI is InChI=1S/C51H90O7/c1-9-10-11-12-13-14-15-16-17-18-19-35(4)20-27-45(52)56-33-44-46(53)47(54)48(55)49(58-44)57-39-28-30-50(7)38(32-39)23-24-40-42-26-25-41(51(42,8)31-29-43(40)50)37(6)22-21-36(5)34(2)3/h23,34-37,39-44,46-49,53-55H,9-22,24-33H2,1-8H3/t35-,36-,37+,39-,40-,41+,42+,43-,44+,46+,47-,48+,49+,50-,51+/m0/s1. The van der Waals surface area contributed by atoms with E-state index < -0.39 is 30.7 Å². The molecule has 0 amide bonds. The molecular formula is C51H90O7. The Morgan fingerprint density at radius 1 is 0.793 bits per heavy atom. The maximum absolute atomic E-state index is 12.7. The van der Waals surface area contributed by atoms with E-state index in [9.17, 15) is 20.1 Å². The summed E-state index contributed by atoms with van der Waals surface area (Å²) in [5.41, 5.74) is 2.13. The molecule has 1 heterocycles. The van der Waals surface area contributed by atoms with Crippen LogP contribution in [-0.2, 0) is 19.0 Å². The van der Waals surface area contributed by atoms with Crippen molar-refractivity contribution >= 4 is 5.97 Å². The Kier molecular flexibility index (Phi) is 18.5. The largest absolute Gasteiger partial charge is 0.463 e. The maximum Gasteiger partial charge on any atom is 0.305 e. The predicted molar refractivity (Wildman–Crippen MR) is 235 cm³/mol. The number of rotatable bonds is 23. The molecule has 7 nitrogen and oxygen atoms in total. The number of unbranched alkanes of at least 4 members (excludes halogenated alkanes) is 9. The van der Waals surface area contributed by atoms with Gasteiger partial charge in [-0.2, -0.15) is 0 Å². The molecule has 0 aromatic rings. The van der Waals surface area contributed by atoms with E-state index >= 15 is 0 Å². The van der Waals surface area contributed by atoms with Crippen LogP contribution in [0.15, 0.2) is 11.6 Å². The van der Waals surface area contributed by atoms with E-state index in [0.717, 1.165) is 74.0 Å². The van der Waals surface area contributed by atoms with E-state index in [1.54, 1.807) is 0 Å². The summed E-state index contributed by atoms with van der Waals surface area (Å²) >= 11 is 0. The molecule has 15 atom stereocenters. The minimum Gasteiger partial charge on any atom is -0.463 e. The second-order valence-corrected chi connectivity index (χ2v) is 21.6. The van der Waals surface area contributed by atoms with Crippen molar-refractivity contribution in [2.45, 2.75) is 240 Å². The smallest absolute Gasteiger partial charge is 0.305 e. The molecule has 1 aliphatic heterocycles. The Labute approximate surface area is 355 Å². The van der Waals surface area contributed by atoms with Crippen LogP contribution in [0.2, 0.25) is 0 Å². The highest BCUT2D eigenvalue weighted by Crippen LogP contribution is 2.67. The zero-order chi connectivity index (χ0) is 42.0. The van der Waals surface area contributed by atoms with Crippen LogP contribution < -0.4 is 0 Å². The topological polar surface area (TPSA) is 105 Å². The van der Waals surface area contributed by atoms with Gasteiger partial charge in [0.25, 0.3) is 0 Å². The van der Waals surface area contributed by atoms with Crippen molar-refractivity contribution in [1.82, 2.24) is 0 Å². The van der Waals surface area contributed by atoms with Crippen LogP contribution in [-0.4, -0.2) is 64.7 Å². The van der Waals surface area contributed by atoms with Crippen LogP contribution in [0.1, 0.15) is 203 Å². The fourth-order valence-corrected chi connectivity index (χ4v) is 12.9. The van der Waals surface area contributed by atoms with Crippen molar-refractivity contribution in [2.75, 3.05) is 6.61 Å². The molecular weight excluding hydrogens is 725 g/mol. The van der Waals surface area contributed by atoms with Crippen LogP contribution >= 0.6 is 0 Å². The molecule has 0 radical (unpaired) electrons. The van der Waals surface area contributed by atoms with Gasteiger partial charge in [-0.05, 0) is 116 Å². The molecule has 3 N–H and O–H groups in total. The van der Waals surface area contributed by atoms with Gasteiger partial charge in [-0.15, -0.1) is 0 Å². The summed E-state index contributed by atoms with van der Waals surface area (Å²) in [5, 5.41) is 32.6. The molecule has 0 unspecified atom stereocenters. The first-order valence-corrected chi connectivity index (χ1v) is 24.9. The van der Waals surface area contributed by atoms with Gasteiger partial charge in [0.05, 0.1) is 6.10 Å². The van der Waals surface area contributed by atoms with Crippen LogP contribution in [0.25, 0.3) is 0 Å². The monoisotopic (exact) mass is 815 g/mol. The molecule has 7 heteroatoms. The average Bonchev–Trinajstić information content (AvgIpc) is 3.56. The summed E-state index contributed by atoms with van der Waals surface area (Å²) in [6.07, 6.45) is 23.7. The summed E-state index contributed by atoms with van der Waals surface area (Å²) < 4.78 is 18.1. The summed E-state index contributed by atoms with van der Waals surface area (Å²) in [5.74, 6) is 5.61. The van der Waals surface area contributed by atoms with E-state index in [-0.39, 0.29) is 24.1 Å². The van der Waals surface area contributed by atoms with Crippen LogP contribution in [0.3, 0.4) is 0 Å². The van der Waals surface area contributed by atoms with Gasteiger partial charge in [0.15, 0.2) is 6.29 Å². The molecule has 0 aromatic heterocycles. The quantitative estimate of drug-likeness (QED) is 0.0536. The molecule has 0 spiro atoms. The number of esters is 1. The maximum atomic E-state index is 12.7. The molecule has 1 saturated heterocycles. The van der Waals surface area contributed by atoms with Crippen LogP contribution in [0.4, 0.5) is 0 Å². The minimum absolute atomic E-state index is 0.142. The number of ether oxygens (including phenoxy) is 3. The van der Waals surface area contributed by atoms with Crippen molar-refractivity contribution in [1.29, 1.82) is 0 Å². The number of allylic oxidation sites excluding steroid dienone is 1. The summed E-state index contributed by atoms with van der Waals surface area (Å²) in [4.78, 5) is 12.7. The Morgan fingerprint density at radius 2 is 1.48 bits per heavy atom. The van der Waals surface area contributed by atoms with E-state index in [1.165, 1.54) is 108 Å². The van der Waals surface area contributed by atoms with Crippen molar-refractivity contribution in [3.63, 3.8) is 0 Å². The third-order valence-electron chi connectivity index (χ3n) is 17.3. The fourth-order valence-electron chi connectivity index (χ4n) is 12.9. The molecule has 5 rings (SSSR count). The number of hydrogen-bond acceptors (Lipinski definition) is 7. The van der Waals surface area contributed by atoms with Crippen LogP contribution in [0.5, 0.6) is 0 Å². The average molecular weight is 815 g/mol. The molecule has 4 fully saturated rings. The van der Waals surface area contributed by atoms with Gasteiger partial charge >= 0.3 is 5.97 Å². The summed E-state index contributed by atoms with van der Waals surface area (Å²) in [6.45, 7) is 19.2. The molecule has 5 aliphatic rings. The number of carbonyl (C=O) groups is 1. The first kappa shape index (κ1) is 48.0. The summed E-state index contributed by atoms with van der Waals surface area (Å²) in [7, 11) is 0. The van der Waals surface area contributed by atoms with E-state index in [4.69, 9.17) is 14.2 Å². The van der Waals surface area contributed by atoms with Gasteiger partial charge < -0.3 is 29.5 Å². The second-order valence-electron chi connectivity index (χ2n) is 21.6. The Balaban J connectivity index is 1.05. The zero-order valence-electron chi connectivity index (χ0n) is 38.6. The van der Waals surface area contributed by atoms with Crippen molar-refractivity contribution in [3.05, 3.63) is 11.6 Å². The Morgan fingerprint density at radius 3 is 2.17 bits per heavy atom. The molecule has 0 aromatic carbocycles. The second kappa shape index (κ2) is 22.4. The molecule has 336 valence electrons. The van der Waals surface area contributed by atoms with Gasteiger partial charge in [-0.3, -0.25) is 4.79 Å². The molecule has 4 aliphatic carbocycles. The zero-order valence-corrected chi connectivity index (χ0v) is 38.6. The summed E-state index contributed by atoms with van der Waals surface area (Å²) in [6, 6.07) is 0. The van der Waals surface area contributed by atoms with Gasteiger partial charge in [0, 0.05) is 6.42 Å². The molecule has 0 bridgehead atoms. The van der Waals surface area contributed by atoms with Gasteiger partial charge in [-0.1, -0.05) is 151 Å². The van der Waals surface area contributed by atoms with Crippen molar-refractivity contribution in [2.24, 2.45) is 58.2 Å². The lowest BCUT2D eigenvalue weighted by Crippen LogP contribution is -2.60. The predicted octanol–water partition coefficient (Wildman–Crippen LogP) is 11.7. The SMILES string of the molecule is CCCCCCCCCCCC[C@H](C)CCC(=O)OC[C@H]1O[C@@H](O[C@H]2CC[C@@]3(C)C(=CC[C@H]4[C@H]5CC[C@H]([C@H](C)CC[C@H](C)C(C)C)[C@@]5(C)CC[C@@H]43)C2)[C@H](O)[C@@H](O)[C@@H]1O.